The molecule has 0 fully saturated rings. The molecule has 1 aromatic rings. The second-order valence-electron chi connectivity index (χ2n) is 2.51. The van der Waals surface area contributed by atoms with Gasteiger partial charge in [0.2, 0.25) is 0 Å². The highest BCUT2D eigenvalue weighted by Gasteiger charge is 2.06. The van der Waals surface area contributed by atoms with Crippen LogP contribution in [0, 0.1) is 11.3 Å². The van der Waals surface area contributed by atoms with Crippen LogP contribution in [-0.4, -0.2) is 16.1 Å². The Balaban J connectivity index is 2.97. The molecule has 1 heterocycles. The van der Waals surface area contributed by atoms with Gasteiger partial charge in [0.25, 0.3) is 0 Å². The Morgan fingerprint density at radius 3 is 3.14 bits per heavy atom. The fraction of sp³-hybridized carbons (Fsp3) is 0.100. The predicted octanol–water partition coefficient (Wildman–Crippen LogP) is 1.71. The molecule has 0 saturated heterocycles. The van der Waals surface area contributed by atoms with E-state index in [9.17, 15) is 4.79 Å². The summed E-state index contributed by atoms with van der Waals surface area (Å²) < 4.78 is 0. The SMILES string of the molecule is N#CCC=Cc1ncccc1C(=O)O. The highest BCUT2D eigenvalue weighted by Crippen LogP contribution is 2.07. The lowest BCUT2D eigenvalue weighted by Crippen LogP contribution is -2.00. The average Bonchev–Trinajstić information content (AvgIpc) is 2.19. The molecule has 0 aromatic carbocycles. The van der Waals surface area contributed by atoms with Gasteiger partial charge in [0.1, 0.15) is 0 Å². The standard InChI is InChI=1S/C10H8N2O2/c11-6-2-1-5-9-8(10(13)14)4-3-7-12-9/h1,3-5,7H,2H2,(H,13,14). The molecule has 0 spiro atoms. The predicted molar refractivity (Wildman–Crippen MR) is 50.5 cm³/mol. The van der Waals surface area contributed by atoms with Crippen molar-refractivity contribution in [3.63, 3.8) is 0 Å². The molecule has 0 amide bonds. The van der Waals surface area contributed by atoms with Gasteiger partial charge in [-0.05, 0) is 18.2 Å². The molecule has 4 heteroatoms. The first-order valence-electron chi connectivity index (χ1n) is 3.97. The smallest absolute Gasteiger partial charge is 0.337 e. The van der Waals surface area contributed by atoms with Crippen LogP contribution in [-0.2, 0) is 0 Å². The van der Waals surface area contributed by atoms with Crippen molar-refractivity contribution in [2.75, 3.05) is 0 Å². The second-order valence-corrected chi connectivity index (χ2v) is 2.51. The van der Waals surface area contributed by atoms with Crippen LogP contribution in [0.15, 0.2) is 24.4 Å². The Labute approximate surface area is 81.1 Å². The summed E-state index contributed by atoms with van der Waals surface area (Å²) in [6.45, 7) is 0. The summed E-state index contributed by atoms with van der Waals surface area (Å²) in [6, 6.07) is 4.96. The second kappa shape index (κ2) is 4.77. The Morgan fingerprint density at radius 2 is 2.50 bits per heavy atom. The number of hydrogen-bond donors (Lipinski definition) is 1. The van der Waals surface area contributed by atoms with Crippen LogP contribution in [0.1, 0.15) is 22.5 Å². The maximum absolute atomic E-state index is 10.7. The van der Waals surface area contributed by atoms with Crippen LogP contribution in [0.5, 0.6) is 0 Å². The normalized spacial score (nSPS) is 9.93. The summed E-state index contributed by atoms with van der Waals surface area (Å²) in [4.78, 5) is 14.6. The Hall–Kier alpha value is -2.15. The summed E-state index contributed by atoms with van der Waals surface area (Å²) in [5.41, 5.74) is 0.511. The maximum Gasteiger partial charge on any atom is 0.337 e. The zero-order valence-corrected chi connectivity index (χ0v) is 7.34. The number of aromatic carboxylic acids is 1. The van der Waals surface area contributed by atoms with Crippen LogP contribution in [0.4, 0.5) is 0 Å². The van der Waals surface area contributed by atoms with Gasteiger partial charge in [-0.15, -0.1) is 0 Å². The van der Waals surface area contributed by atoms with Crippen LogP contribution in [0.25, 0.3) is 6.08 Å². The molecule has 14 heavy (non-hydrogen) atoms. The monoisotopic (exact) mass is 188 g/mol. The highest BCUT2D eigenvalue weighted by molar-refractivity contribution is 5.91. The zero-order valence-electron chi connectivity index (χ0n) is 7.34. The van der Waals surface area contributed by atoms with Crippen molar-refractivity contribution in [2.45, 2.75) is 6.42 Å². The molecule has 0 aliphatic carbocycles. The maximum atomic E-state index is 10.7. The van der Waals surface area contributed by atoms with E-state index in [4.69, 9.17) is 10.4 Å². The van der Waals surface area contributed by atoms with Crippen molar-refractivity contribution in [3.8, 4) is 6.07 Å². The topological polar surface area (TPSA) is 74.0 Å². The number of nitrogens with zero attached hydrogens (tertiary/aromatic N) is 2. The number of hydrogen-bond acceptors (Lipinski definition) is 3. The van der Waals surface area contributed by atoms with E-state index in [1.165, 1.54) is 18.3 Å². The molecule has 4 nitrogen and oxygen atoms in total. The molecule has 1 rings (SSSR count). The number of nitriles is 1. The van der Waals surface area contributed by atoms with Crippen LogP contribution in [0.3, 0.4) is 0 Å². The first kappa shape index (κ1) is 9.93. The van der Waals surface area contributed by atoms with Crippen LogP contribution >= 0.6 is 0 Å². The van der Waals surface area contributed by atoms with Gasteiger partial charge in [-0.3, -0.25) is 4.98 Å². The summed E-state index contributed by atoms with van der Waals surface area (Å²) in [7, 11) is 0. The Kier molecular flexibility index (Phi) is 3.39. The quantitative estimate of drug-likeness (QED) is 0.783. The first-order chi connectivity index (χ1) is 6.75. The van der Waals surface area contributed by atoms with Crippen molar-refractivity contribution >= 4 is 12.0 Å². The van der Waals surface area contributed by atoms with E-state index in [1.54, 1.807) is 12.1 Å². The zero-order chi connectivity index (χ0) is 10.4. The lowest BCUT2D eigenvalue weighted by Gasteiger charge is -1.97. The van der Waals surface area contributed by atoms with Crippen molar-refractivity contribution in [1.29, 1.82) is 5.26 Å². The van der Waals surface area contributed by atoms with E-state index >= 15 is 0 Å². The molecular weight excluding hydrogens is 180 g/mol. The third-order valence-corrected chi connectivity index (χ3v) is 1.55. The van der Waals surface area contributed by atoms with Gasteiger partial charge in [-0.25, -0.2) is 4.79 Å². The first-order valence-corrected chi connectivity index (χ1v) is 3.97. The molecule has 1 aromatic heterocycles. The molecule has 70 valence electrons. The lowest BCUT2D eigenvalue weighted by atomic mass is 10.2. The molecule has 0 radical (unpaired) electrons. The Bertz CT molecular complexity index is 405. The minimum atomic E-state index is -1.02. The van der Waals surface area contributed by atoms with E-state index < -0.39 is 5.97 Å². The van der Waals surface area contributed by atoms with Gasteiger partial charge in [0.05, 0.1) is 23.7 Å². The van der Waals surface area contributed by atoms with Gasteiger partial charge in [-0.2, -0.15) is 5.26 Å². The van der Waals surface area contributed by atoms with Crippen LogP contribution in [0.2, 0.25) is 0 Å². The molecular formula is C10H8N2O2. The van der Waals surface area contributed by atoms with Crippen molar-refractivity contribution in [3.05, 3.63) is 35.7 Å². The van der Waals surface area contributed by atoms with E-state index in [-0.39, 0.29) is 12.0 Å². The fourth-order valence-corrected chi connectivity index (χ4v) is 0.954. The summed E-state index contributed by atoms with van der Waals surface area (Å²) >= 11 is 0. The minimum absolute atomic E-state index is 0.140. The lowest BCUT2D eigenvalue weighted by molar-refractivity contribution is 0.0696. The van der Waals surface area contributed by atoms with Gasteiger partial charge < -0.3 is 5.11 Å². The van der Waals surface area contributed by atoms with Crippen molar-refractivity contribution in [2.24, 2.45) is 0 Å². The van der Waals surface area contributed by atoms with Crippen molar-refractivity contribution < 1.29 is 9.90 Å². The van der Waals surface area contributed by atoms with Crippen LogP contribution < -0.4 is 0 Å². The van der Waals surface area contributed by atoms with Gasteiger partial charge in [0.15, 0.2) is 0 Å². The van der Waals surface area contributed by atoms with E-state index in [0.717, 1.165) is 0 Å². The third kappa shape index (κ3) is 2.42. The molecule has 0 bridgehead atoms. The molecule has 0 saturated carbocycles. The number of allylic oxidation sites excluding steroid dienone is 1. The Morgan fingerprint density at radius 1 is 1.71 bits per heavy atom. The van der Waals surface area contributed by atoms with E-state index in [2.05, 4.69) is 4.98 Å². The largest absolute Gasteiger partial charge is 0.478 e. The number of rotatable bonds is 3. The molecule has 0 aliphatic heterocycles. The van der Waals surface area contributed by atoms with Gasteiger partial charge in [-0.1, -0.05) is 6.08 Å². The number of carbonyl (C=O) groups is 1. The molecule has 1 N–H and O–H groups in total. The fourth-order valence-electron chi connectivity index (χ4n) is 0.954. The van der Waals surface area contributed by atoms with Crippen molar-refractivity contribution in [1.82, 2.24) is 4.98 Å². The average molecular weight is 188 g/mol. The number of pyridine rings is 1. The minimum Gasteiger partial charge on any atom is -0.478 e. The number of carboxylic acids is 1. The van der Waals surface area contributed by atoms with Gasteiger partial charge in [0, 0.05) is 6.20 Å². The third-order valence-electron chi connectivity index (χ3n) is 1.55. The molecule has 0 aliphatic rings. The molecule has 0 atom stereocenters. The van der Waals surface area contributed by atoms with E-state index in [0.29, 0.717) is 5.69 Å². The summed E-state index contributed by atoms with van der Waals surface area (Å²) in [5, 5.41) is 17.1. The summed E-state index contributed by atoms with van der Waals surface area (Å²) in [5.74, 6) is -1.02. The molecule has 0 unspecified atom stereocenters. The summed E-state index contributed by atoms with van der Waals surface area (Å²) in [6.07, 6.45) is 4.87. The highest BCUT2D eigenvalue weighted by atomic mass is 16.4. The number of aromatic nitrogens is 1. The van der Waals surface area contributed by atoms with E-state index in [1.807, 2.05) is 6.07 Å². The van der Waals surface area contributed by atoms with Gasteiger partial charge >= 0.3 is 5.97 Å². The number of carboxylic acid groups (broad SMARTS) is 1.